The Kier molecular flexibility index (Phi) is 7.17. The first-order valence-electron chi connectivity index (χ1n) is 6.36. The average molecular weight is 300 g/mol. The monoisotopic (exact) mass is 299 g/mol. The fourth-order valence-electron chi connectivity index (χ4n) is 1.72. The van der Waals surface area contributed by atoms with Crippen LogP contribution >= 0.6 is 15.9 Å². The van der Waals surface area contributed by atoms with Gasteiger partial charge in [0, 0.05) is 30.7 Å². The highest BCUT2D eigenvalue weighted by molar-refractivity contribution is 9.09. The molecule has 0 aliphatic carbocycles. The Labute approximate surface area is 113 Å². The van der Waals surface area contributed by atoms with Crippen molar-refractivity contribution in [2.45, 2.75) is 39.0 Å². The molecule has 0 fully saturated rings. The molecule has 0 N–H and O–H groups in total. The van der Waals surface area contributed by atoms with Crippen LogP contribution < -0.4 is 4.90 Å². The number of nitrogens with zero attached hydrogens (tertiary/aromatic N) is 3. The number of halogens is 1. The summed E-state index contributed by atoms with van der Waals surface area (Å²) in [7, 11) is 2.10. The third-order valence-electron chi connectivity index (χ3n) is 2.73. The van der Waals surface area contributed by atoms with Crippen molar-refractivity contribution in [3.8, 4) is 0 Å². The lowest BCUT2D eigenvalue weighted by Gasteiger charge is -2.18. The van der Waals surface area contributed by atoms with Crippen molar-refractivity contribution in [3.63, 3.8) is 0 Å². The number of alkyl halides is 1. The number of aromatic nitrogens is 2. The maximum atomic E-state index is 4.33. The molecule has 17 heavy (non-hydrogen) atoms. The predicted molar refractivity (Wildman–Crippen MR) is 76.9 cm³/mol. The Morgan fingerprint density at radius 1 is 1.24 bits per heavy atom. The molecular weight excluding hydrogens is 278 g/mol. The Bertz CT molecular complexity index is 317. The second kappa shape index (κ2) is 8.45. The average Bonchev–Trinajstić information content (AvgIpc) is 2.35. The quantitative estimate of drug-likeness (QED) is 0.544. The molecule has 1 rings (SSSR count). The summed E-state index contributed by atoms with van der Waals surface area (Å²) >= 11 is 3.45. The highest BCUT2D eigenvalue weighted by Gasteiger charge is 2.03. The lowest BCUT2D eigenvalue weighted by atomic mass is 10.2. The fourth-order valence-corrected chi connectivity index (χ4v) is 2.12. The maximum absolute atomic E-state index is 4.33. The number of aryl methyl sites for hydroxylation is 1. The minimum Gasteiger partial charge on any atom is -0.360 e. The topological polar surface area (TPSA) is 29.0 Å². The minimum atomic E-state index is 1.03. The Morgan fingerprint density at radius 3 is 2.76 bits per heavy atom. The van der Waals surface area contributed by atoms with Crippen LogP contribution in [0.3, 0.4) is 0 Å². The molecule has 0 unspecified atom stereocenters. The molecule has 0 amide bonds. The molecule has 3 nitrogen and oxygen atoms in total. The first kappa shape index (κ1) is 14.4. The molecule has 0 atom stereocenters. The second-order valence-electron chi connectivity index (χ2n) is 4.29. The van der Waals surface area contributed by atoms with Gasteiger partial charge in [-0.1, -0.05) is 35.7 Å². The molecule has 0 saturated heterocycles. The Morgan fingerprint density at radius 2 is 2.06 bits per heavy atom. The zero-order chi connectivity index (χ0) is 12.5. The summed E-state index contributed by atoms with van der Waals surface area (Å²) in [6, 6.07) is 2.11. The lowest BCUT2D eigenvalue weighted by molar-refractivity contribution is 0.705. The summed E-state index contributed by atoms with van der Waals surface area (Å²) < 4.78 is 0. The Balaban J connectivity index is 2.44. The van der Waals surface area contributed by atoms with Crippen LogP contribution in [0.25, 0.3) is 0 Å². The highest BCUT2D eigenvalue weighted by atomic mass is 79.9. The van der Waals surface area contributed by atoms with Gasteiger partial charge in [0.2, 0.25) is 0 Å². The first-order valence-corrected chi connectivity index (χ1v) is 7.48. The second-order valence-corrected chi connectivity index (χ2v) is 5.08. The van der Waals surface area contributed by atoms with E-state index in [2.05, 4.69) is 50.8 Å². The smallest absolute Gasteiger partial charge is 0.131 e. The van der Waals surface area contributed by atoms with Gasteiger partial charge in [0.05, 0.1) is 0 Å². The van der Waals surface area contributed by atoms with E-state index in [0.29, 0.717) is 0 Å². The van der Waals surface area contributed by atoms with Crippen molar-refractivity contribution in [2.24, 2.45) is 0 Å². The summed E-state index contributed by atoms with van der Waals surface area (Å²) in [4.78, 5) is 10.8. The van der Waals surface area contributed by atoms with E-state index in [1.165, 1.54) is 19.3 Å². The predicted octanol–water partition coefficient (Wildman–Crippen LogP) is 3.43. The SMILES string of the molecule is CCCc1cc(N(C)CCCCCBr)ncn1. The van der Waals surface area contributed by atoms with Crippen molar-refractivity contribution in [3.05, 3.63) is 18.1 Å². The highest BCUT2D eigenvalue weighted by Crippen LogP contribution is 2.11. The van der Waals surface area contributed by atoms with Gasteiger partial charge in [-0.15, -0.1) is 0 Å². The van der Waals surface area contributed by atoms with Crippen LogP contribution in [0.5, 0.6) is 0 Å². The number of rotatable bonds is 8. The summed E-state index contributed by atoms with van der Waals surface area (Å²) in [5, 5.41) is 1.10. The van der Waals surface area contributed by atoms with Crippen LogP contribution in [-0.2, 0) is 6.42 Å². The molecule has 0 aliphatic heterocycles. The van der Waals surface area contributed by atoms with Gasteiger partial charge in [0.15, 0.2) is 0 Å². The van der Waals surface area contributed by atoms with Gasteiger partial charge in [-0.2, -0.15) is 0 Å². The van der Waals surface area contributed by atoms with Crippen molar-refractivity contribution in [1.29, 1.82) is 0 Å². The minimum absolute atomic E-state index is 1.03. The van der Waals surface area contributed by atoms with Crippen LogP contribution in [-0.4, -0.2) is 28.9 Å². The van der Waals surface area contributed by atoms with Crippen molar-refractivity contribution >= 4 is 21.7 Å². The fraction of sp³-hybridized carbons (Fsp3) is 0.692. The third kappa shape index (κ3) is 5.48. The van der Waals surface area contributed by atoms with E-state index in [9.17, 15) is 0 Å². The van der Waals surface area contributed by atoms with E-state index >= 15 is 0 Å². The molecular formula is C13H22BrN3. The van der Waals surface area contributed by atoms with Crippen molar-refractivity contribution < 1.29 is 0 Å². The van der Waals surface area contributed by atoms with E-state index in [-0.39, 0.29) is 0 Å². The van der Waals surface area contributed by atoms with Gasteiger partial charge in [0.25, 0.3) is 0 Å². The number of hydrogen-bond donors (Lipinski definition) is 0. The van der Waals surface area contributed by atoms with Crippen LogP contribution in [0.2, 0.25) is 0 Å². The van der Waals surface area contributed by atoms with E-state index in [1.807, 2.05) is 0 Å². The molecule has 0 saturated carbocycles. The molecule has 1 aromatic rings. The molecule has 0 aromatic carbocycles. The van der Waals surface area contributed by atoms with Gasteiger partial charge in [-0.3, -0.25) is 0 Å². The molecule has 1 heterocycles. The molecule has 0 aliphatic rings. The molecule has 0 spiro atoms. The molecule has 4 heteroatoms. The van der Waals surface area contributed by atoms with Crippen LogP contribution in [0.4, 0.5) is 5.82 Å². The van der Waals surface area contributed by atoms with Gasteiger partial charge in [-0.05, 0) is 19.3 Å². The van der Waals surface area contributed by atoms with Crippen molar-refractivity contribution in [1.82, 2.24) is 9.97 Å². The van der Waals surface area contributed by atoms with E-state index in [1.54, 1.807) is 6.33 Å². The van der Waals surface area contributed by atoms with Crippen LogP contribution in [0.15, 0.2) is 12.4 Å². The van der Waals surface area contributed by atoms with Gasteiger partial charge in [-0.25, -0.2) is 9.97 Å². The van der Waals surface area contributed by atoms with E-state index in [4.69, 9.17) is 0 Å². The largest absolute Gasteiger partial charge is 0.360 e. The molecule has 1 aromatic heterocycles. The Hall–Kier alpha value is -0.640. The molecule has 0 radical (unpaired) electrons. The summed E-state index contributed by atoms with van der Waals surface area (Å²) in [6.07, 6.45) is 7.57. The zero-order valence-corrected chi connectivity index (χ0v) is 12.4. The normalized spacial score (nSPS) is 10.5. The standard InChI is InChI=1S/C13H22BrN3/c1-3-7-12-10-13(16-11-15-12)17(2)9-6-4-5-8-14/h10-11H,3-9H2,1-2H3. The molecule has 96 valence electrons. The zero-order valence-electron chi connectivity index (χ0n) is 10.8. The van der Waals surface area contributed by atoms with E-state index < -0.39 is 0 Å². The summed E-state index contributed by atoms with van der Waals surface area (Å²) in [5.41, 5.74) is 1.14. The first-order chi connectivity index (χ1) is 8.27. The van der Waals surface area contributed by atoms with E-state index in [0.717, 1.165) is 36.2 Å². The van der Waals surface area contributed by atoms with Gasteiger partial charge < -0.3 is 4.90 Å². The van der Waals surface area contributed by atoms with Crippen LogP contribution in [0, 0.1) is 0 Å². The number of hydrogen-bond acceptors (Lipinski definition) is 3. The number of anilines is 1. The third-order valence-corrected chi connectivity index (χ3v) is 3.29. The summed E-state index contributed by atoms with van der Waals surface area (Å²) in [5.74, 6) is 1.04. The number of unbranched alkanes of at least 4 members (excludes halogenated alkanes) is 2. The molecule has 0 bridgehead atoms. The lowest BCUT2D eigenvalue weighted by Crippen LogP contribution is -2.20. The van der Waals surface area contributed by atoms with Gasteiger partial charge >= 0.3 is 0 Å². The van der Waals surface area contributed by atoms with Crippen molar-refractivity contribution in [2.75, 3.05) is 23.8 Å². The summed E-state index contributed by atoms with van der Waals surface area (Å²) in [6.45, 7) is 3.24. The maximum Gasteiger partial charge on any atom is 0.131 e. The van der Waals surface area contributed by atoms with Crippen LogP contribution in [0.1, 0.15) is 38.3 Å². The van der Waals surface area contributed by atoms with Gasteiger partial charge in [0.1, 0.15) is 12.1 Å².